The molecule has 0 atom stereocenters. The molecule has 0 radical (unpaired) electrons. The molecule has 1 aliphatic heterocycles. The molecule has 0 amide bonds. The molecule has 1 aliphatic rings. The van der Waals surface area contributed by atoms with Crippen molar-refractivity contribution in [1.82, 2.24) is 0 Å². The third kappa shape index (κ3) is 3.55. The highest BCUT2D eigenvalue weighted by atomic mass is 15.0. The van der Waals surface area contributed by atoms with Crippen molar-refractivity contribution in [2.45, 2.75) is 47.5 Å². The molecule has 3 rings (SSSR count). The molecular weight excluding hydrogens is 316 g/mol. The van der Waals surface area contributed by atoms with Gasteiger partial charge in [0.1, 0.15) is 5.84 Å². The van der Waals surface area contributed by atoms with Crippen LogP contribution in [0.15, 0.2) is 70.2 Å². The third-order valence-electron chi connectivity index (χ3n) is 4.78. The van der Waals surface area contributed by atoms with Crippen LogP contribution in [0, 0.1) is 5.41 Å². The van der Waals surface area contributed by atoms with Gasteiger partial charge in [-0.1, -0.05) is 88.7 Å². The molecule has 1 heterocycles. The molecule has 2 aromatic rings. The summed E-state index contributed by atoms with van der Waals surface area (Å²) in [4.78, 5) is 10.1. The largest absolute Gasteiger partial charge is 0.232 e. The van der Waals surface area contributed by atoms with Gasteiger partial charge in [-0.15, -0.1) is 0 Å². The molecule has 134 valence electrons. The van der Waals surface area contributed by atoms with Gasteiger partial charge in [-0.2, -0.15) is 0 Å². The summed E-state index contributed by atoms with van der Waals surface area (Å²) in [6.07, 6.45) is 2.02. The van der Waals surface area contributed by atoms with E-state index in [1.165, 1.54) is 16.7 Å². The van der Waals surface area contributed by atoms with Gasteiger partial charge in [0.05, 0.1) is 11.4 Å². The van der Waals surface area contributed by atoms with Gasteiger partial charge in [0, 0.05) is 22.1 Å². The fourth-order valence-corrected chi connectivity index (χ4v) is 3.31. The van der Waals surface area contributed by atoms with E-state index in [9.17, 15) is 0 Å². The van der Waals surface area contributed by atoms with Crippen molar-refractivity contribution < 1.29 is 0 Å². The van der Waals surface area contributed by atoms with Crippen molar-refractivity contribution in [3.8, 4) is 0 Å². The van der Waals surface area contributed by atoms with E-state index in [1.807, 2.05) is 0 Å². The topological polar surface area (TPSA) is 24.7 Å². The molecule has 0 fully saturated rings. The Hall–Kier alpha value is -2.48. The number of hydrogen-bond acceptors (Lipinski definition) is 2. The first kappa shape index (κ1) is 18.3. The Labute approximate surface area is 157 Å². The van der Waals surface area contributed by atoms with Crippen molar-refractivity contribution in [2.75, 3.05) is 0 Å². The van der Waals surface area contributed by atoms with Gasteiger partial charge in [-0.25, -0.2) is 9.98 Å². The van der Waals surface area contributed by atoms with E-state index < -0.39 is 0 Å². The average Bonchev–Trinajstić information content (AvgIpc) is 2.81. The first-order valence-electron chi connectivity index (χ1n) is 9.50. The van der Waals surface area contributed by atoms with Gasteiger partial charge in [0.25, 0.3) is 0 Å². The monoisotopic (exact) mass is 344 g/mol. The molecule has 26 heavy (non-hydrogen) atoms. The van der Waals surface area contributed by atoms with Gasteiger partial charge in [0.2, 0.25) is 0 Å². The third-order valence-corrected chi connectivity index (χ3v) is 4.78. The van der Waals surface area contributed by atoms with Crippen LogP contribution < -0.4 is 0 Å². The van der Waals surface area contributed by atoms with Crippen molar-refractivity contribution in [3.05, 3.63) is 71.3 Å². The summed E-state index contributed by atoms with van der Waals surface area (Å²) in [6.45, 7) is 11.0. The normalized spacial score (nSPS) is 14.3. The standard InChI is InChI=1S/C24H28N2/c1-6-17(7-2)21-19-15-11-12-16-20(19)25-23(24(3,4)5)26-22(21)18-13-9-8-10-14-18/h8-16H,6-7H2,1-5H3. The summed E-state index contributed by atoms with van der Waals surface area (Å²) in [5.41, 5.74) is 6.94. The molecule has 0 aliphatic carbocycles. The summed E-state index contributed by atoms with van der Waals surface area (Å²) >= 11 is 0. The molecule has 0 saturated heterocycles. The van der Waals surface area contributed by atoms with Crippen LogP contribution in [0.1, 0.15) is 58.6 Å². The van der Waals surface area contributed by atoms with Gasteiger partial charge in [0.15, 0.2) is 0 Å². The Morgan fingerprint density at radius 1 is 0.808 bits per heavy atom. The van der Waals surface area contributed by atoms with E-state index in [-0.39, 0.29) is 5.41 Å². The van der Waals surface area contributed by atoms with Crippen molar-refractivity contribution in [1.29, 1.82) is 0 Å². The molecular formula is C24H28N2. The fraction of sp³-hybridized carbons (Fsp3) is 0.333. The van der Waals surface area contributed by atoms with E-state index in [0.29, 0.717) is 0 Å². The number of hydrogen-bond donors (Lipinski definition) is 0. The molecule has 0 unspecified atom stereocenters. The summed E-state index contributed by atoms with van der Waals surface area (Å²) in [6, 6.07) is 19.0. The lowest BCUT2D eigenvalue weighted by Crippen LogP contribution is -2.20. The smallest absolute Gasteiger partial charge is 0.135 e. The van der Waals surface area contributed by atoms with Crippen LogP contribution in [0.3, 0.4) is 0 Å². The highest BCUT2D eigenvalue weighted by molar-refractivity contribution is 6.36. The number of aliphatic imine (C=N–C) groups is 2. The molecule has 2 heteroatoms. The number of benzene rings is 2. The molecule has 0 spiro atoms. The lowest BCUT2D eigenvalue weighted by molar-refractivity contribution is 0.586. The van der Waals surface area contributed by atoms with Crippen LogP contribution in [-0.2, 0) is 0 Å². The molecule has 0 saturated carbocycles. The van der Waals surface area contributed by atoms with Crippen molar-refractivity contribution in [3.63, 3.8) is 0 Å². The van der Waals surface area contributed by atoms with Crippen LogP contribution >= 0.6 is 0 Å². The van der Waals surface area contributed by atoms with E-state index in [4.69, 9.17) is 9.98 Å². The predicted octanol–water partition coefficient (Wildman–Crippen LogP) is 6.84. The van der Waals surface area contributed by atoms with Crippen LogP contribution in [0.2, 0.25) is 0 Å². The maximum absolute atomic E-state index is 5.14. The Bertz CT molecular complexity index is 872. The zero-order valence-electron chi connectivity index (χ0n) is 16.5. The lowest BCUT2D eigenvalue weighted by atomic mass is 9.88. The molecule has 0 bridgehead atoms. The maximum atomic E-state index is 5.14. The number of amidine groups is 1. The minimum Gasteiger partial charge on any atom is -0.232 e. The number of fused-ring (bicyclic) bond motifs is 1. The molecule has 0 aromatic heterocycles. The van der Waals surface area contributed by atoms with Gasteiger partial charge in [-0.05, 0) is 18.9 Å². The lowest BCUT2D eigenvalue weighted by Gasteiger charge is -2.19. The SMILES string of the molecule is CCC(CC)=C1C(c2ccccc2)=NC(C(C)(C)C)=Nc2ccccc21. The summed E-state index contributed by atoms with van der Waals surface area (Å²) in [5.74, 6) is 0.880. The van der Waals surface area contributed by atoms with Crippen LogP contribution in [0.4, 0.5) is 5.69 Å². The number of para-hydroxylation sites is 1. The second-order valence-corrected chi connectivity index (χ2v) is 7.71. The van der Waals surface area contributed by atoms with Crippen LogP contribution in [0.25, 0.3) is 5.57 Å². The van der Waals surface area contributed by atoms with Crippen LogP contribution in [-0.4, -0.2) is 11.5 Å². The Balaban J connectivity index is 2.40. The van der Waals surface area contributed by atoms with Gasteiger partial charge < -0.3 is 0 Å². The Morgan fingerprint density at radius 2 is 1.42 bits per heavy atom. The molecule has 0 N–H and O–H groups in total. The second kappa shape index (κ2) is 7.41. The fourth-order valence-electron chi connectivity index (χ4n) is 3.31. The summed E-state index contributed by atoms with van der Waals surface area (Å²) < 4.78 is 0. The quantitative estimate of drug-likeness (QED) is 0.582. The Morgan fingerprint density at radius 3 is 2.04 bits per heavy atom. The highest BCUT2D eigenvalue weighted by Gasteiger charge is 2.27. The number of rotatable bonds is 3. The van der Waals surface area contributed by atoms with E-state index in [2.05, 4.69) is 89.2 Å². The predicted molar refractivity (Wildman–Crippen MR) is 113 cm³/mol. The minimum absolute atomic E-state index is 0.124. The number of nitrogens with zero attached hydrogens (tertiary/aromatic N) is 2. The average molecular weight is 345 g/mol. The van der Waals surface area contributed by atoms with Gasteiger partial charge in [-0.3, -0.25) is 0 Å². The molecule has 2 nitrogen and oxygen atoms in total. The van der Waals surface area contributed by atoms with E-state index >= 15 is 0 Å². The zero-order chi connectivity index (χ0) is 18.7. The highest BCUT2D eigenvalue weighted by Crippen LogP contribution is 2.37. The Kier molecular flexibility index (Phi) is 5.22. The van der Waals surface area contributed by atoms with Gasteiger partial charge >= 0.3 is 0 Å². The maximum Gasteiger partial charge on any atom is 0.135 e. The number of allylic oxidation sites excluding steroid dienone is 2. The van der Waals surface area contributed by atoms with E-state index in [1.54, 1.807) is 0 Å². The first-order chi connectivity index (χ1) is 12.5. The second-order valence-electron chi connectivity index (χ2n) is 7.71. The van der Waals surface area contributed by atoms with Crippen molar-refractivity contribution in [2.24, 2.45) is 15.4 Å². The molecule has 2 aromatic carbocycles. The summed E-state index contributed by atoms with van der Waals surface area (Å²) in [5, 5.41) is 0. The van der Waals surface area contributed by atoms with Crippen LogP contribution in [0.5, 0.6) is 0 Å². The minimum atomic E-state index is -0.124. The zero-order valence-corrected chi connectivity index (χ0v) is 16.5. The van der Waals surface area contributed by atoms with Crippen molar-refractivity contribution >= 4 is 22.8 Å². The first-order valence-corrected chi connectivity index (χ1v) is 9.50. The van der Waals surface area contributed by atoms with E-state index in [0.717, 1.165) is 35.6 Å². The summed E-state index contributed by atoms with van der Waals surface area (Å²) in [7, 11) is 0.